The number of carbonyl (C=O) groups is 2. The number of nitrogens with one attached hydrogen (secondary N) is 1. The molecule has 0 saturated heterocycles. The van der Waals surface area contributed by atoms with Crippen molar-refractivity contribution < 1.29 is 24.7 Å². The fourth-order valence-corrected chi connectivity index (χ4v) is 1.47. The molecule has 0 aliphatic heterocycles. The van der Waals surface area contributed by atoms with Gasteiger partial charge in [0.05, 0.1) is 11.5 Å². The van der Waals surface area contributed by atoms with Gasteiger partial charge in [-0.1, -0.05) is 11.6 Å². The van der Waals surface area contributed by atoms with E-state index >= 15 is 0 Å². The van der Waals surface area contributed by atoms with Crippen molar-refractivity contribution in [1.82, 2.24) is 5.32 Å². The van der Waals surface area contributed by atoms with Crippen LogP contribution < -0.4 is 5.32 Å². The monoisotopic (exact) mass is 288 g/mol. The Bertz CT molecular complexity index is 533. The van der Waals surface area contributed by atoms with E-state index in [9.17, 15) is 19.7 Å². The largest absolute Gasteiger partial charge is 0.480 e. The van der Waals surface area contributed by atoms with Crippen LogP contribution in [0.15, 0.2) is 18.2 Å². The molecule has 8 nitrogen and oxygen atoms in total. The first-order chi connectivity index (χ1) is 8.86. The summed E-state index contributed by atoms with van der Waals surface area (Å²) in [4.78, 5) is 32.1. The van der Waals surface area contributed by atoms with E-state index in [1.54, 1.807) is 0 Å². The van der Waals surface area contributed by atoms with Crippen LogP contribution in [0.5, 0.6) is 0 Å². The summed E-state index contributed by atoms with van der Waals surface area (Å²) in [6.07, 6.45) is 0. The number of nitro benzene ring substituents is 1. The van der Waals surface area contributed by atoms with Gasteiger partial charge in [-0.3, -0.25) is 14.9 Å². The van der Waals surface area contributed by atoms with Crippen molar-refractivity contribution in [3.05, 3.63) is 38.9 Å². The van der Waals surface area contributed by atoms with E-state index in [0.29, 0.717) is 0 Å². The first kappa shape index (κ1) is 14.9. The van der Waals surface area contributed by atoms with Gasteiger partial charge in [-0.05, 0) is 12.1 Å². The number of halogens is 1. The van der Waals surface area contributed by atoms with Crippen LogP contribution in [0.2, 0.25) is 5.02 Å². The third-order valence-electron chi connectivity index (χ3n) is 2.19. The number of carbonyl (C=O) groups excluding carboxylic acids is 1. The van der Waals surface area contributed by atoms with Crippen LogP contribution >= 0.6 is 11.6 Å². The van der Waals surface area contributed by atoms with Crippen LogP contribution in [0.1, 0.15) is 10.4 Å². The summed E-state index contributed by atoms with van der Waals surface area (Å²) in [6.45, 7) is -0.776. The molecule has 19 heavy (non-hydrogen) atoms. The molecule has 3 N–H and O–H groups in total. The molecule has 0 aliphatic carbocycles. The van der Waals surface area contributed by atoms with Crippen molar-refractivity contribution in [2.45, 2.75) is 6.04 Å². The van der Waals surface area contributed by atoms with Crippen LogP contribution in [-0.4, -0.2) is 39.7 Å². The predicted octanol–water partition coefficient (Wildman–Crippen LogP) is 0.424. The molecule has 0 fully saturated rings. The predicted molar refractivity (Wildman–Crippen MR) is 64.1 cm³/mol. The number of carboxylic acid groups (broad SMARTS) is 1. The highest BCUT2D eigenvalue weighted by molar-refractivity contribution is 6.33. The fraction of sp³-hybridized carbons (Fsp3) is 0.200. The minimum absolute atomic E-state index is 0.0460. The molecule has 0 bridgehead atoms. The van der Waals surface area contributed by atoms with E-state index in [2.05, 4.69) is 0 Å². The average Bonchev–Trinajstić information content (AvgIpc) is 2.34. The molecule has 1 aromatic rings. The van der Waals surface area contributed by atoms with Crippen molar-refractivity contribution in [2.24, 2.45) is 0 Å². The number of amides is 1. The molecule has 0 saturated carbocycles. The van der Waals surface area contributed by atoms with E-state index in [-0.39, 0.29) is 16.3 Å². The summed E-state index contributed by atoms with van der Waals surface area (Å²) in [5.74, 6) is -2.21. The number of aliphatic carboxylic acids is 1. The van der Waals surface area contributed by atoms with Gasteiger partial charge >= 0.3 is 5.97 Å². The van der Waals surface area contributed by atoms with Gasteiger partial charge in [-0.15, -0.1) is 0 Å². The molecular formula is C10H9ClN2O6. The number of carboxylic acids is 1. The van der Waals surface area contributed by atoms with E-state index in [1.165, 1.54) is 0 Å². The molecule has 1 atom stereocenters. The maximum Gasteiger partial charge on any atom is 0.328 e. The fourth-order valence-electron chi connectivity index (χ4n) is 1.22. The van der Waals surface area contributed by atoms with Crippen molar-refractivity contribution in [3.63, 3.8) is 0 Å². The molecular weight excluding hydrogens is 280 g/mol. The maximum atomic E-state index is 11.6. The summed E-state index contributed by atoms with van der Waals surface area (Å²) in [5, 5.41) is 29.7. The van der Waals surface area contributed by atoms with Gasteiger partial charge in [0.1, 0.15) is 5.02 Å². The van der Waals surface area contributed by atoms with E-state index in [4.69, 9.17) is 21.8 Å². The zero-order valence-corrected chi connectivity index (χ0v) is 10.1. The van der Waals surface area contributed by atoms with Crippen molar-refractivity contribution >= 4 is 29.2 Å². The first-order valence-corrected chi connectivity index (χ1v) is 5.33. The Morgan fingerprint density at radius 1 is 1.47 bits per heavy atom. The number of hydrogen-bond acceptors (Lipinski definition) is 5. The van der Waals surface area contributed by atoms with Crippen LogP contribution in [0.4, 0.5) is 5.69 Å². The van der Waals surface area contributed by atoms with Crippen LogP contribution in [0.25, 0.3) is 0 Å². The average molecular weight is 289 g/mol. The molecule has 0 radical (unpaired) electrons. The lowest BCUT2D eigenvalue weighted by Crippen LogP contribution is -2.43. The zero-order chi connectivity index (χ0) is 14.6. The smallest absolute Gasteiger partial charge is 0.328 e. The first-order valence-electron chi connectivity index (χ1n) is 4.95. The Labute approximate surface area is 111 Å². The van der Waals surface area contributed by atoms with Gasteiger partial charge in [0, 0.05) is 11.6 Å². The summed E-state index contributed by atoms with van der Waals surface area (Å²) in [7, 11) is 0. The summed E-state index contributed by atoms with van der Waals surface area (Å²) >= 11 is 5.61. The second-order valence-electron chi connectivity index (χ2n) is 3.47. The van der Waals surface area contributed by atoms with E-state index < -0.39 is 29.4 Å². The van der Waals surface area contributed by atoms with Gasteiger partial charge in [-0.2, -0.15) is 0 Å². The van der Waals surface area contributed by atoms with Crippen LogP contribution in [-0.2, 0) is 4.79 Å². The molecule has 0 heterocycles. The number of aliphatic hydroxyl groups is 1. The van der Waals surface area contributed by atoms with Crippen molar-refractivity contribution in [2.75, 3.05) is 6.61 Å². The van der Waals surface area contributed by atoms with Gasteiger partial charge in [0.2, 0.25) is 0 Å². The summed E-state index contributed by atoms with van der Waals surface area (Å²) < 4.78 is 0. The van der Waals surface area contributed by atoms with Gasteiger partial charge in [0.25, 0.3) is 11.6 Å². The molecule has 0 aromatic heterocycles. The third kappa shape index (κ3) is 3.63. The summed E-state index contributed by atoms with van der Waals surface area (Å²) in [5.41, 5.74) is -0.412. The number of aliphatic hydroxyl groups excluding tert-OH is 1. The van der Waals surface area contributed by atoms with E-state index in [0.717, 1.165) is 18.2 Å². The summed E-state index contributed by atoms with van der Waals surface area (Å²) in [6, 6.07) is 1.76. The molecule has 0 spiro atoms. The highest BCUT2D eigenvalue weighted by Gasteiger charge is 2.21. The molecule has 1 rings (SSSR count). The molecule has 1 unspecified atom stereocenters. The second kappa shape index (κ2) is 6.12. The number of nitrogens with zero attached hydrogens (tertiary/aromatic N) is 1. The van der Waals surface area contributed by atoms with Crippen molar-refractivity contribution in [3.8, 4) is 0 Å². The van der Waals surface area contributed by atoms with Crippen LogP contribution in [0.3, 0.4) is 0 Å². The minimum Gasteiger partial charge on any atom is -0.480 e. The lowest BCUT2D eigenvalue weighted by molar-refractivity contribution is -0.384. The zero-order valence-electron chi connectivity index (χ0n) is 9.37. The normalized spacial score (nSPS) is 11.7. The van der Waals surface area contributed by atoms with Crippen LogP contribution in [0, 0.1) is 10.1 Å². The van der Waals surface area contributed by atoms with Gasteiger partial charge in [0.15, 0.2) is 6.04 Å². The lowest BCUT2D eigenvalue weighted by Gasteiger charge is -2.11. The van der Waals surface area contributed by atoms with E-state index in [1.807, 2.05) is 5.32 Å². The third-order valence-corrected chi connectivity index (χ3v) is 2.50. The lowest BCUT2D eigenvalue weighted by atomic mass is 10.2. The molecule has 102 valence electrons. The Morgan fingerprint density at radius 3 is 2.53 bits per heavy atom. The molecule has 1 amide bonds. The standard InChI is InChI=1S/C10H9ClN2O6/c11-6-3-5(1-2-8(6)13(18)19)9(15)12-7(4-14)10(16)17/h1-3,7,14H,4H2,(H,12,15)(H,16,17). The highest BCUT2D eigenvalue weighted by atomic mass is 35.5. The highest BCUT2D eigenvalue weighted by Crippen LogP contribution is 2.24. The quantitative estimate of drug-likeness (QED) is 0.532. The van der Waals surface area contributed by atoms with Crippen molar-refractivity contribution in [1.29, 1.82) is 0 Å². The molecule has 1 aromatic carbocycles. The minimum atomic E-state index is -1.46. The molecule has 9 heteroatoms. The molecule has 0 aliphatic rings. The topological polar surface area (TPSA) is 130 Å². The van der Waals surface area contributed by atoms with Gasteiger partial charge in [-0.25, -0.2) is 4.79 Å². The van der Waals surface area contributed by atoms with Gasteiger partial charge < -0.3 is 15.5 Å². The SMILES string of the molecule is O=C(NC(CO)C(=O)O)c1ccc([N+](=O)[O-])c(Cl)c1. The number of hydrogen-bond donors (Lipinski definition) is 3. The Kier molecular flexibility index (Phi) is 4.79. The number of nitro groups is 1. The Morgan fingerprint density at radius 2 is 2.11 bits per heavy atom. The maximum absolute atomic E-state index is 11.6. The number of rotatable bonds is 5. The number of benzene rings is 1. The Balaban J connectivity index is 2.92. The second-order valence-corrected chi connectivity index (χ2v) is 3.88. The Hall–Kier alpha value is -2.19.